The smallest absolute Gasteiger partial charge is 0.418 e. The Balaban J connectivity index is 1.87. The molecule has 30 heavy (non-hydrogen) atoms. The first-order valence-electron chi connectivity index (χ1n) is 10.6. The van der Waals surface area contributed by atoms with Gasteiger partial charge in [0.15, 0.2) is 0 Å². The Kier molecular flexibility index (Phi) is 5.32. The van der Waals surface area contributed by atoms with Crippen LogP contribution in [-0.2, 0) is 14.9 Å². The molecule has 2 aromatic rings. The van der Waals surface area contributed by atoms with Crippen molar-refractivity contribution in [2.45, 2.75) is 32.6 Å². The van der Waals surface area contributed by atoms with Gasteiger partial charge in [-0.15, -0.1) is 0 Å². The molecule has 2 aliphatic heterocycles. The minimum atomic E-state index is -0.405. The number of anilines is 1. The van der Waals surface area contributed by atoms with Gasteiger partial charge in [-0.3, -0.25) is 4.79 Å². The largest absolute Gasteiger partial charge is 0.449 e. The highest BCUT2D eigenvalue weighted by molar-refractivity contribution is 6.01. The van der Waals surface area contributed by atoms with Gasteiger partial charge in [-0.2, -0.15) is 0 Å². The minimum absolute atomic E-state index is 0.00722. The SMILES string of the molecule is CCOC(=O)n1c2c(c3ccc(N(C)C(=O)C4CCNC4)cc31)C(C)(C)CNC=C2. The van der Waals surface area contributed by atoms with Crippen LogP contribution in [0.4, 0.5) is 10.5 Å². The van der Waals surface area contributed by atoms with Crippen LogP contribution in [0, 0.1) is 5.92 Å². The Morgan fingerprint density at radius 2 is 2.13 bits per heavy atom. The van der Waals surface area contributed by atoms with Crippen molar-refractivity contribution in [1.29, 1.82) is 0 Å². The van der Waals surface area contributed by atoms with Gasteiger partial charge in [0.05, 0.1) is 23.7 Å². The van der Waals surface area contributed by atoms with Gasteiger partial charge in [0.2, 0.25) is 5.91 Å². The molecule has 0 radical (unpaired) electrons. The Bertz CT molecular complexity index is 1020. The number of rotatable bonds is 3. The second-order valence-corrected chi connectivity index (χ2v) is 8.68. The normalized spacial score (nSPS) is 19.8. The van der Waals surface area contributed by atoms with Crippen LogP contribution in [0.2, 0.25) is 0 Å². The fraction of sp³-hybridized carbons (Fsp3) is 0.478. The third kappa shape index (κ3) is 3.37. The molecule has 1 unspecified atom stereocenters. The van der Waals surface area contributed by atoms with Crippen LogP contribution in [-0.4, -0.2) is 49.9 Å². The fourth-order valence-corrected chi connectivity index (χ4v) is 4.57. The zero-order valence-corrected chi connectivity index (χ0v) is 18.1. The predicted molar refractivity (Wildman–Crippen MR) is 119 cm³/mol. The number of nitrogens with zero attached hydrogens (tertiary/aromatic N) is 2. The number of ether oxygens (including phenoxy) is 1. The lowest BCUT2D eigenvalue weighted by molar-refractivity contribution is -0.121. The van der Waals surface area contributed by atoms with E-state index in [0.717, 1.165) is 47.4 Å². The number of fused-ring (bicyclic) bond motifs is 3. The highest BCUT2D eigenvalue weighted by Crippen LogP contribution is 2.39. The van der Waals surface area contributed by atoms with Crippen LogP contribution in [0.15, 0.2) is 24.4 Å². The van der Waals surface area contributed by atoms with Gasteiger partial charge in [0.25, 0.3) is 0 Å². The van der Waals surface area contributed by atoms with E-state index in [1.54, 1.807) is 23.4 Å². The second kappa shape index (κ2) is 7.80. The van der Waals surface area contributed by atoms with Crippen LogP contribution in [0.3, 0.4) is 0 Å². The van der Waals surface area contributed by atoms with Crippen molar-refractivity contribution in [3.05, 3.63) is 35.7 Å². The first-order chi connectivity index (χ1) is 14.3. The van der Waals surface area contributed by atoms with Gasteiger partial charge in [-0.25, -0.2) is 9.36 Å². The molecule has 2 N–H and O–H groups in total. The summed E-state index contributed by atoms with van der Waals surface area (Å²) in [5.41, 5.74) is 3.28. The number of carbonyl (C=O) groups excluding carboxylic acids is 2. The first kappa shape index (κ1) is 20.5. The fourth-order valence-electron chi connectivity index (χ4n) is 4.57. The summed E-state index contributed by atoms with van der Waals surface area (Å²) < 4.78 is 7.02. The monoisotopic (exact) mass is 410 g/mol. The number of hydrogen-bond donors (Lipinski definition) is 2. The number of carbonyl (C=O) groups is 2. The van der Waals surface area contributed by atoms with E-state index in [1.807, 2.05) is 30.5 Å². The molecule has 1 saturated heterocycles. The molecule has 3 heterocycles. The summed E-state index contributed by atoms with van der Waals surface area (Å²) in [4.78, 5) is 27.6. The van der Waals surface area contributed by atoms with Gasteiger partial charge in [-0.1, -0.05) is 19.9 Å². The van der Waals surface area contributed by atoms with Gasteiger partial charge in [0, 0.05) is 36.6 Å². The molecular formula is C23H30N4O3. The zero-order valence-electron chi connectivity index (χ0n) is 18.1. The third-order valence-electron chi connectivity index (χ3n) is 6.15. The average molecular weight is 411 g/mol. The summed E-state index contributed by atoms with van der Waals surface area (Å²) in [6.45, 7) is 8.77. The topological polar surface area (TPSA) is 75.6 Å². The molecule has 7 heteroatoms. The van der Waals surface area contributed by atoms with E-state index in [0.29, 0.717) is 13.2 Å². The molecule has 2 aliphatic rings. The van der Waals surface area contributed by atoms with Gasteiger partial charge < -0.3 is 20.3 Å². The van der Waals surface area contributed by atoms with Crippen molar-refractivity contribution in [2.75, 3.05) is 38.2 Å². The summed E-state index contributed by atoms with van der Waals surface area (Å²) in [6.07, 6.45) is 4.26. The molecule has 1 fully saturated rings. The van der Waals surface area contributed by atoms with Crippen LogP contribution in [0.5, 0.6) is 0 Å². The molecule has 1 aromatic carbocycles. The molecule has 0 spiro atoms. The van der Waals surface area contributed by atoms with Gasteiger partial charge in [-0.05, 0) is 49.9 Å². The number of amides is 1. The lowest BCUT2D eigenvalue weighted by Crippen LogP contribution is -2.34. The van der Waals surface area contributed by atoms with Crippen LogP contribution >= 0.6 is 0 Å². The van der Waals surface area contributed by atoms with E-state index in [4.69, 9.17) is 4.74 Å². The molecule has 1 aromatic heterocycles. The van der Waals surface area contributed by atoms with Crippen LogP contribution in [0.25, 0.3) is 17.0 Å². The molecule has 4 rings (SSSR count). The zero-order chi connectivity index (χ0) is 21.5. The molecule has 7 nitrogen and oxygen atoms in total. The summed E-state index contributed by atoms with van der Waals surface area (Å²) >= 11 is 0. The van der Waals surface area contributed by atoms with E-state index in [9.17, 15) is 9.59 Å². The third-order valence-corrected chi connectivity index (χ3v) is 6.15. The summed E-state index contributed by atoms with van der Waals surface area (Å²) in [5, 5.41) is 7.56. The molecule has 1 amide bonds. The average Bonchev–Trinajstić information content (AvgIpc) is 3.32. The van der Waals surface area contributed by atoms with E-state index in [-0.39, 0.29) is 17.2 Å². The lowest BCUT2D eigenvalue weighted by Gasteiger charge is -2.24. The maximum Gasteiger partial charge on any atom is 0.418 e. The predicted octanol–water partition coefficient (Wildman–Crippen LogP) is 3.07. The minimum Gasteiger partial charge on any atom is -0.449 e. The number of hydrogen-bond acceptors (Lipinski definition) is 5. The maximum atomic E-state index is 12.9. The van der Waals surface area contributed by atoms with E-state index in [2.05, 4.69) is 24.5 Å². The van der Waals surface area contributed by atoms with Crippen molar-refractivity contribution in [3.8, 4) is 0 Å². The number of nitrogens with one attached hydrogen (secondary N) is 2. The second-order valence-electron chi connectivity index (χ2n) is 8.68. The summed E-state index contributed by atoms with van der Waals surface area (Å²) in [5.74, 6) is 0.0896. The molecule has 0 saturated carbocycles. The summed E-state index contributed by atoms with van der Waals surface area (Å²) in [6, 6.07) is 5.92. The first-order valence-corrected chi connectivity index (χ1v) is 10.6. The Hall–Kier alpha value is -2.80. The van der Waals surface area contributed by atoms with Crippen molar-refractivity contribution >= 4 is 34.7 Å². The molecule has 0 bridgehead atoms. The van der Waals surface area contributed by atoms with Crippen molar-refractivity contribution in [2.24, 2.45) is 5.92 Å². The van der Waals surface area contributed by atoms with E-state index < -0.39 is 6.09 Å². The quantitative estimate of drug-likeness (QED) is 0.813. The number of aromatic nitrogens is 1. The van der Waals surface area contributed by atoms with E-state index in [1.165, 1.54) is 0 Å². The van der Waals surface area contributed by atoms with Gasteiger partial charge in [0.1, 0.15) is 0 Å². The molecular weight excluding hydrogens is 380 g/mol. The van der Waals surface area contributed by atoms with Gasteiger partial charge >= 0.3 is 6.09 Å². The highest BCUT2D eigenvalue weighted by Gasteiger charge is 2.33. The molecule has 160 valence electrons. The van der Waals surface area contributed by atoms with Crippen molar-refractivity contribution in [1.82, 2.24) is 15.2 Å². The lowest BCUT2D eigenvalue weighted by atomic mass is 9.83. The summed E-state index contributed by atoms with van der Waals surface area (Å²) in [7, 11) is 1.80. The van der Waals surface area contributed by atoms with Crippen molar-refractivity contribution < 1.29 is 14.3 Å². The molecule has 0 aliphatic carbocycles. The van der Waals surface area contributed by atoms with E-state index >= 15 is 0 Å². The maximum absolute atomic E-state index is 12.9. The highest BCUT2D eigenvalue weighted by atomic mass is 16.5. The number of benzene rings is 1. The Labute approximate surface area is 177 Å². The van der Waals surface area contributed by atoms with Crippen LogP contribution < -0.4 is 15.5 Å². The molecule has 1 atom stereocenters. The van der Waals surface area contributed by atoms with Crippen LogP contribution in [0.1, 0.15) is 38.4 Å². The Morgan fingerprint density at radius 3 is 2.83 bits per heavy atom. The Morgan fingerprint density at radius 1 is 1.33 bits per heavy atom. The van der Waals surface area contributed by atoms with Crippen molar-refractivity contribution in [3.63, 3.8) is 0 Å². The standard InChI is InChI=1S/C23H30N4O3/c1-5-30-22(29)27-18-9-11-25-14-23(2,3)20(18)17-7-6-16(12-19(17)27)26(4)21(28)15-8-10-24-13-15/h6-7,9,11-12,15,24-25H,5,8,10,13-14H2,1-4H3.